The van der Waals surface area contributed by atoms with Crippen LogP contribution in [0.4, 0.5) is 0 Å². The van der Waals surface area contributed by atoms with E-state index in [1.807, 2.05) is 62.4 Å². The maximum atomic E-state index is 12.4. The Bertz CT molecular complexity index is 1520. The van der Waals surface area contributed by atoms with Gasteiger partial charge in [-0.05, 0) is 49.7 Å². The van der Waals surface area contributed by atoms with Gasteiger partial charge in [0.2, 0.25) is 11.8 Å². The summed E-state index contributed by atoms with van der Waals surface area (Å²) in [5.74, 6) is 0.553. The number of benzene rings is 2. The number of carbonyl (C=O) groups is 1. The number of aryl methyl sites for hydroxylation is 1. The summed E-state index contributed by atoms with van der Waals surface area (Å²) in [6.07, 6.45) is 1.77. The number of carbonyl (C=O) groups excluding carboxylic acids is 1. The van der Waals surface area contributed by atoms with Crippen LogP contribution in [-0.2, 0) is 4.74 Å². The molecule has 3 heterocycles. The van der Waals surface area contributed by atoms with Gasteiger partial charge in [0.15, 0.2) is 0 Å². The van der Waals surface area contributed by atoms with Crippen molar-refractivity contribution in [1.29, 1.82) is 5.26 Å². The molecule has 0 amide bonds. The number of furan rings is 1. The van der Waals surface area contributed by atoms with Crippen LogP contribution in [0, 0.1) is 18.3 Å². The van der Waals surface area contributed by atoms with Crippen LogP contribution in [0.2, 0.25) is 0 Å². The molecule has 2 aromatic carbocycles. The minimum Gasteiger partial charge on any atom is -0.462 e. The number of allylic oxidation sites excluding steroid dienone is 1. The number of nitrogens with zero attached hydrogens (tertiary/aromatic N) is 3. The zero-order valence-corrected chi connectivity index (χ0v) is 20.6. The average Bonchev–Trinajstić information content (AvgIpc) is 3.54. The molecule has 2 aromatic heterocycles. The zero-order chi connectivity index (χ0) is 25.9. The Morgan fingerprint density at radius 2 is 1.97 bits per heavy atom. The lowest BCUT2D eigenvalue weighted by molar-refractivity contribution is 0.0500. The molecule has 0 bridgehead atoms. The van der Waals surface area contributed by atoms with Gasteiger partial charge < -0.3 is 19.6 Å². The number of fused-ring (bicyclic) bond motifs is 1. The highest BCUT2D eigenvalue weighted by Crippen LogP contribution is 2.45. The van der Waals surface area contributed by atoms with Gasteiger partial charge in [0, 0.05) is 5.56 Å². The maximum Gasteiger partial charge on any atom is 0.338 e. The number of nitrogens with two attached hydrogens (primary N) is 1. The minimum absolute atomic E-state index is 0.00635. The molecule has 8 heteroatoms. The largest absolute Gasteiger partial charge is 0.462 e. The molecule has 4 aromatic rings. The molecule has 0 fully saturated rings. The summed E-state index contributed by atoms with van der Waals surface area (Å²) in [7, 11) is 0. The summed E-state index contributed by atoms with van der Waals surface area (Å²) in [6, 6.07) is 22.5. The number of unbranched alkanes of at least 4 members (excludes halogenated alkanes) is 1. The summed E-state index contributed by atoms with van der Waals surface area (Å²) in [4.78, 5) is 12.4. The Morgan fingerprint density at radius 3 is 2.73 bits per heavy atom. The van der Waals surface area contributed by atoms with Crippen molar-refractivity contribution in [3.8, 4) is 29.0 Å². The molecule has 1 aliphatic heterocycles. The first-order valence-corrected chi connectivity index (χ1v) is 12.1. The first kappa shape index (κ1) is 23.9. The number of esters is 1. The molecule has 1 atom stereocenters. The molecule has 37 heavy (non-hydrogen) atoms. The lowest BCUT2D eigenvalue weighted by atomic mass is 9.88. The van der Waals surface area contributed by atoms with E-state index in [0.29, 0.717) is 40.8 Å². The van der Waals surface area contributed by atoms with E-state index in [9.17, 15) is 10.1 Å². The van der Waals surface area contributed by atoms with Crippen molar-refractivity contribution in [3.05, 3.63) is 101 Å². The Hall–Kier alpha value is -4.77. The molecule has 8 nitrogen and oxygen atoms in total. The van der Waals surface area contributed by atoms with Crippen LogP contribution in [0.1, 0.15) is 53.1 Å². The minimum atomic E-state index is -0.595. The average molecular weight is 495 g/mol. The summed E-state index contributed by atoms with van der Waals surface area (Å²) in [5.41, 5.74) is 9.83. The SMILES string of the molecule is CCCCOC(=O)c1cccc(-c2ccc(C3C(C#N)=C(N)Oc4c3c(C)nn4-c3ccccc3)o2)c1. The smallest absolute Gasteiger partial charge is 0.338 e. The molecule has 0 saturated carbocycles. The molecule has 1 unspecified atom stereocenters. The van der Waals surface area contributed by atoms with E-state index in [2.05, 4.69) is 11.2 Å². The fourth-order valence-corrected chi connectivity index (χ4v) is 4.40. The monoisotopic (exact) mass is 494 g/mol. The maximum absolute atomic E-state index is 12.4. The van der Waals surface area contributed by atoms with E-state index in [1.165, 1.54) is 0 Å². The van der Waals surface area contributed by atoms with Gasteiger partial charge in [-0.15, -0.1) is 0 Å². The number of hydrogen-bond donors (Lipinski definition) is 1. The second kappa shape index (κ2) is 10.1. The first-order chi connectivity index (χ1) is 18.0. The zero-order valence-electron chi connectivity index (χ0n) is 20.6. The predicted octanol–water partition coefficient (Wildman–Crippen LogP) is 5.62. The van der Waals surface area contributed by atoms with Crippen LogP contribution in [0.25, 0.3) is 17.0 Å². The van der Waals surface area contributed by atoms with Gasteiger partial charge in [0.25, 0.3) is 0 Å². The van der Waals surface area contributed by atoms with Crippen LogP contribution in [0.5, 0.6) is 5.88 Å². The van der Waals surface area contributed by atoms with E-state index in [4.69, 9.17) is 19.6 Å². The van der Waals surface area contributed by atoms with Crippen molar-refractivity contribution in [3.63, 3.8) is 0 Å². The van der Waals surface area contributed by atoms with Crippen molar-refractivity contribution < 1.29 is 18.7 Å². The molecule has 0 aliphatic carbocycles. The topological polar surface area (TPSA) is 116 Å². The Labute approximate surface area is 214 Å². The highest BCUT2D eigenvalue weighted by atomic mass is 16.5. The van der Waals surface area contributed by atoms with Crippen LogP contribution < -0.4 is 10.5 Å². The predicted molar refractivity (Wildman–Crippen MR) is 137 cm³/mol. The van der Waals surface area contributed by atoms with E-state index in [1.54, 1.807) is 22.9 Å². The molecule has 5 rings (SSSR count). The number of aromatic nitrogens is 2. The quantitative estimate of drug-likeness (QED) is 0.262. The van der Waals surface area contributed by atoms with Gasteiger partial charge in [-0.2, -0.15) is 10.4 Å². The lowest BCUT2D eigenvalue weighted by Gasteiger charge is -2.23. The summed E-state index contributed by atoms with van der Waals surface area (Å²) >= 11 is 0. The van der Waals surface area contributed by atoms with Crippen molar-refractivity contribution in [2.45, 2.75) is 32.6 Å². The summed E-state index contributed by atoms with van der Waals surface area (Å²) < 4.78 is 19.2. The molecule has 2 N–H and O–H groups in total. The van der Waals surface area contributed by atoms with Gasteiger partial charge in [0.05, 0.1) is 35.0 Å². The van der Waals surface area contributed by atoms with Gasteiger partial charge in [0.1, 0.15) is 23.2 Å². The number of hydrogen-bond acceptors (Lipinski definition) is 7. The first-order valence-electron chi connectivity index (χ1n) is 12.1. The fourth-order valence-electron chi connectivity index (χ4n) is 4.40. The Morgan fingerprint density at radius 1 is 1.16 bits per heavy atom. The Balaban J connectivity index is 1.53. The van der Waals surface area contributed by atoms with E-state index in [0.717, 1.165) is 24.1 Å². The van der Waals surface area contributed by atoms with Crippen LogP contribution >= 0.6 is 0 Å². The second-order valence-electron chi connectivity index (χ2n) is 8.75. The molecule has 1 aliphatic rings. The van der Waals surface area contributed by atoms with Crippen LogP contribution in [0.15, 0.2) is 82.6 Å². The lowest BCUT2D eigenvalue weighted by Crippen LogP contribution is -2.21. The molecule has 0 radical (unpaired) electrons. The third-order valence-electron chi connectivity index (χ3n) is 6.26. The third kappa shape index (κ3) is 4.47. The number of ether oxygens (including phenoxy) is 2. The van der Waals surface area contributed by atoms with Crippen LogP contribution in [-0.4, -0.2) is 22.4 Å². The van der Waals surface area contributed by atoms with E-state index >= 15 is 0 Å². The van der Waals surface area contributed by atoms with Gasteiger partial charge in [-0.3, -0.25) is 0 Å². The molecular weight excluding hydrogens is 468 g/mol. The molecule has 0 saturated heterocycles. The number of rotatable bonds is 7. The van der Waals surface area contributed by atoms with Gasteiger partial charge >= 0.3 is 5.97 Å². The fraction of sp³-hybridized carbons (Fsp3) is 0.207. The number of para-hydroxylation sites is 1. The summed E-state index contributed by atoms with van der Waals surface area (Å²) in [5, 5.41) is 14.6. The van der Waals surface area contributed by atoms with Crippen LogP contribution in [0.3, 0.4) is 0 Å². The van der Waals surface area contributed by atoms with Crippen molar-refractivity contribution in [1.82, 2.24) is 9.78 Å². The van der Waals surface area contributed by atoms with E-state index in [-0.39, 0.29) is 17.4 Å². The Kier molecular flexibility index (Phi) is 6.52. The van der Waals surface area contributed by atoms with Crippen molar-refractivity contribution in [2.24, 2.45) is 5.73 Å². The highest BCUT2D eigenvalue weighted by molar-refractivity contribution is 5.90. The molecular formula is C29H26N4O4. The summed E-state index contributed by atoms with van der Waals surface area (Å²) in [6.45, 7) is 4.29. The number of nitriles is 1. The third-order valence-corrected chi connectivity index (χ3v) is 6.26. The second-order valence-corrected chi connectivity index (χ2v) is 8.75. The van der Waals surface area contributed by atoms with Crippen molar-refractivity contribution in [2.75, 3.05) is 6.61 Å². The molecule has 186 valence electrons. The van der Waals surface area contributed by atoms with Gasteiger partial charge in [-0.25, -0.2) is 9.48 Å². The molecule has 0 spiro atoms. The van der Waals surface area contributed by atoms with E-state index < -0.39 is 5.92 Å². The normalized spacial score (nSPS) is 14.6. The van der Waals surface area contributed by atoms with Gasteiger partial charge in [-0.1, -0.05) is 43.7 Å². The standard InChI is InChI=1S/C29H26N4O4/c1-3-4-15-35-29(34)20-10-8-9-19(16-20)23-13-14-24(36-23)26-22(17-30)27(31)37-28-25(26)18(2)32-33(28)21-11-6-5-7-12-21/h5-14,16,26H,3-4,15,31H2,1-2H3. The highest BCUT2D eigenvalue weighted by Gasteiger charge is 2.38. The van der Waals surface area contributed by atoms with Crippen molar-refractivity contribution >= 4 is 5.97 Å².